The van der Waals surface area contributed by atoms with Crippen molar-refractivity contribution >= 4 is 44.4 Å². The van der Waals surface area contributed by atoms with Crippen LogP contribution in [0.2, 0.25) is 0 Å². The van der Waals surface area contributed by atoms with Crippen LogP contribution < -0.4 is 16.0 Å². The second-order valence-corrected chi connectivity index (χ2v) is 8.97. The fourth-order valence-electron chi connectivity index (χ4n) is 3.59. The summed E-state index contributed by atoms with van der Waals surface area (Å²) in [5, 5.41) is 9.46. The van der Waals surface area contributed by atoms with Crippen LogP contribution in [-0.2, 0) is 0 Å². The summed E-state index contributed by atoms with van der Waals surface area (Å²) in [6.07, 6.45) is 14.3. The third kappa shape index (κ3) is 6.09. The first-order valence-electron chi connectivity index (χ1n) is 11.6. The predicted octanol–water partition coefficient (Wildman–Crippen LogP) is 5.96. The monoisotopic (exact) mass is 510 g/mol. The van der Waals surface area contributed by atoms with Gasteiger partial charge in [0, 0.05) is 36.4 Å². The van der Waals surface area contributed by atoms with Crippen LogP contribution in [0.1, 0.15) is 18.9 Å². The molecule has 3 heterocycles. The molecular formula is C27H26N8OS. The van der Waals surface area contributed by atoms with Gasteiger partial charge < -0.3 is 10.6 Å². The second kappa shape index (κ2) is 11.8. The summed E-state index contributed by atoms with van der Waals surface area (Å²) in [5.74, 6) is 1.98. The minimum atomic E-state index is -0.358. The predicted molar refractivity (Wildman–Crippen MR) is 150 cm³/mol. The van der Waals surface area contributed by atoms with Crippen LogP contribution in [0.3, 0.4) is 0 Å². The number of hydrogen-bond acceptors (Lipinski definition) is 7. The summed E-state index contributed by atoms with van der Waals surface area (Å²) in [6.45, 7) is 4.92. The molecule has 2 aromatic carbocycles. The van der Waals surface area contributed by atoms with Gasteiger partial charge in [-0.25, -0.2) is 19.7 Å². The van der Waals surface area contributed by atoms with E-state index in [0.29, 0.717) is 28.4 Å². The summed E-state index contributed by atoms with van der Waals surface area (Å²) >= 11 is 1.44. The Morgan fingerprint density at radius 2 is 1.89 bits per heavy atom. The van der Waals surface area contributed by atoms with Crippen LogP contribution in [0.15, 0.2) is 67.1 Å². The first kappa shape index (κ1) is 25.3. The molecule has 9 nitrogen and oxygen atoms in total. The molecule has 0 atom stereocenters. The highest BCUT2D eigenvalue weighted by Gasteiger charge is 2.12. The molecule has 3 aromatic heterocycles. The third-order valence-corrected chi connectivity index (χ3v) is 6.14. The van der Waals surface area contributed by atoms with Crippen molar-refractivity contribution in [2.24, 2.45) is 0 Å². The summed E-state index contributed by atoms with van der Waals surface area (Å²) in [4.78, 5) is 30.5. The molecule has 3 N–H and O–H groups in total. The Kier molecular flexibility index (Phi) is 8.08. The first-order chi connectivity index (χ1) is 18.1. The van der Waals surface area contributed by atoms with Gasteiger partial charge in [0.25, 0.3) is 0 Å². The lowest BCUT2D eigenvalue weighted by molar-refractivity contribution is 0.262. The van der Waals surface area contributed by atoms with Crippen molar-refractivity contribution in [2.45, 2.75) is 20.3 Å². The molecule has 5 aromatic rings. The summed E-state index contributed by atoms with van der Waals surface area (Å²) in [6, 6.07) is 15.0. The average molecular weight is 511 g/mol. The quantitative estimate of drug-likeness (QED) is 0.233. The highest BCUT2D eigenvalue weighted by Crippen LogP contribution is 2.27. The highest BCUT2D eigenvalue weighted by molar-refractivity contribution is 7.22. The van der Waals surface area contributed by atoms with Gasteiger partial charge in [-0.1, -0.05) is 36.5 Å². The number of anilines is 3. The number of hydrogen-bond donors (Lipinski definition) is 3. The molecule has 0 aliphatic rings. The molecule has 0 aliphatic carbocycles. The Labute approximate surface area is 219 Å². The van der Waals surface area contributed by atoms with E-state index in [0.717, 1.165) is 34.3 Å². The molecule has 0 radical (unpaired) electrons. The van der Waals surface area contributed by atoms with E-state index < -0.39 is 0 Å². The van der Waals surface area contributed by atoms with E-state index in [4.69, 9.17) is 0 Å². The Bertz CT molecular complexity index is 1540. The number of carbonyl (C=O) groups excluding carboxylic acids is 1. The fraction of sp³-hybridized carbons (Fsp3) is 0.148. The maximum absolute atomic E-state index is 12.6. The zero-order valence-electron chi connectivity index (χ0n) is 20.5. The molecule has 0 unspecified atom stereocenters. The molecule has 186 valence electrons. The molecule has 0 fully saturated rings. The van der Waals surface area contributed by atoms with Gasteiger partial charge in [0.15, 0.2) is 5.13 Å². The molecular weight excluding hydrogens is 484 g/mol. The van der Waals surface area contributed by atoms with Crippen molar-refractivity contribution in [3.63, 3.8) is 0 Å². The highest BCUT2D eigenvalue weighted by atomic mass is 32.1. The Morgan fingerprint density at radius 1 is 1.03 bits per heavy atom. The Balaban J connectivity index is 0.00000156. The Hall–Kier alpha value is -4.75. The van der Waals surface area contributed by atoms with Crippen LogP contribution in [0, 0.1) is 19.8 Å². The van der Waals surface area contributed by atoms with Gasteiger partial charge in [-0.05, 0) is 49.2 Å². The van der Waals surface area contributed by atoms with Crippen molar-refractivity contribution in [1.82, 2.24) is 24.5 Å². The largest absolute Gasteiger partial charge is 0.354 e. The van der Waals surface area contributed by atoms with Crippen molar-refractivity contribution in [1.29, 1.82) is 0 Å². The lowest BCUT2D eigenvalue weighted by Crippen LogP contribution is -2.19. The van der Waals surface area contributed by atoms with Gasteiger partial charge in [-0.3, -0.25) is 9.88 Å². The fourth-order valence-corrected chi connectivity index (χ4v) is 4.55. The first-order valence-corrected chi connectivity index (χ1v) is 12.4. The van der Waals surface area contributed by atoms with Crippen LogP contribution in [0.25, 0.3) is 27.4 Å². The van der Waals surface area contributed by atoms with Gasteiger partial charge in [0.2, 0.25) is 5.95 Å². The minimum Gasteiger partial charge on any atom is -0.354 e. The standard InChI is InChI=1S/C25H24N8OS.C2H2/c1-3-10-27-23-28-11-9-21(31-23)33-13-12-26-22(33)17-5-4-6-18(15-17)29-24(34)32-25-30-19-8-7-16(2)14-20(19)35-25;1-2/h4-9,11-15H,3,10H2,1-2H3,(H,27,28,31)(H2,29,30,32,34);1-2H. The second-order valence-electron chi connectivity index (χ2n) is 7.94. The van der Waals surface area contributed by atoms with Crippen LogP contribution in [-0.4, -0.2) is 37.1 Å². The number of nitrogens with one attached hydrogen (secondary N) is 3. The number of amides is 2. The number of aryl methyl sites for hydroxylation is 1. The Morgan fingerprint density at radius 3 is 2.73 bits per heavy atom. The van der Waals surface area contributed by atoms with E-state index in [2.05, 4.69) is 61.7 Å². The number of carbonyl (C=O) groups is 1. The smallest absolute Gasteiger partial charge is 0.325 e. The van der Waals surface area contributed by atoms with Crippen LogP contribution in [0.4, 0.5) is 21.6 Å². The van der Waals surface area contributed by atoms with E-state index in [9.17, 15) is 4.79 Å². The molecule has 10 heteroatoms. The molecule has 0 saturated heterocycles. The molecule has 0 bridgehead atoms. The van der Waals surface area contributed by atoms with Gasteiger partial charge in [0.1, 0.15) is 11.6 Å². The maximum Gasteiger partial charge on any atom is 0.325 e. The number of thiazole rings is 1. The molecule has 5 rings (SSSR count). The number of terminal acetylenes is 1. The van der Waals surface area contributed by atoms with E-state index in [1.807, 2.05) is 60.2 Å². The van der Waals surface area contributed by atoms with Crippen molar-refractivity contribution < 1.29 is 4.79 Å². The van der Waals surface area contributed by atoms with E-state index in [1.165, 1.54) is 11.3 Å². The SMILES string of the molecule is C#C.CCCNc1nccc(-n2ccnc2-c2cccc(NC(=O)Nc3nc4ccc(C)cc4s3)c2)n1. The number of aromatic nitrogens is 5. The van der Waals surface area contributed by atoms with Gasteiger partial charge in [-0.15, -0.1) is 12.8 Å². The topological polar surface area (TPSA) is 110 Å². The van der Waals surface area contributed by atoms with Crippen LogP contribution >= 0.6 is 11.3 Å². The van der Waals surface area contributed by atoms with Crippen molar-refractivity contribution in [3.05, 3.63) is 72.7 Å². The zero-order valence-corrected chi connectivity index (χ0v) is 21.3. The average Bonchev–Trinajstić information content (AvgIpc) is 3.55. The minimum absolute atomic E-state index is 0.358. The van der Waals surface area contributed by atoms with E-state index in [1.54, 1.807) is 12.4 Å². The summed E-state index contributed by atoms with van der Waals surface area (Å²) in [5.41, 5.74) is 3.50. The van der Waals surface area contributed by atoms with Gasteiger partial charge >= 0.3 is 6.03 Å². The van der Waals surface area contributed by atoms with E-state index >= 15 is 0 Å². The number of benzene rings is 2. The lowest BCUT2D eigenvalue weighted by atomic mass is 10.2. The third-order valence-electron chi connectivity index (χ3n) is 5.20. The number of imidazole rings is 1. The number of fused-ring (bicyclic) bond motifs is 1. The van der Waals surface area contributed by atoms with Gasteiger partial charge in [-0.2, -0.15) is 4.98 Å². The summed E-state index contributed by atoms with van der Waals surface area (Å²) in [7, 11) is 0. The lowest BCUT2D eigenvalue weighted by Gasteiger charge is -2.11. The summed E-state index contributed by atoms with van der Waals surface area (Å²) < 4.78 is 2.92. The number of nitrogens with zero attached hydrogens (tertiary/aromatic N) is 5. The molecule has 0 spiro atoms. The molecule has 2 amide bonds. The van der Waals surface area contributed by atoms with Crippen molar-refractivity contribution in [2.75, 3.05) is 22.5 Å². The number of rotatable bonds is 7. The number of urea groups is 1. The molecule has 0 aliphatic heterocycles. The molecule has 37 heavy (non-hydrogen) atoms. The van der Waals surface area contributed by atoms with Crippen LogP contribution in [0.5, 0.6) is 0 Å². The van der Waals surface area contributed by atoms with E-state index in [-0.39, 0.29) is 6.03 Å². The van der Waals surface area contributed by atoms with Crippen molar-refractivity contribution in [3.8, 4) is 30.1 Å². The molecule has 0 saturated carbocycles. The maximum atomic E-state index is 12.6. The van der Waals surface area contributed by atoms with Gasteiger partial charge in [0.05, 0.1) is 10.2 Å². The normalized spacial score (nSPS) is 10.4. The zero-order chi connectivity index (χ0) is 26.2.